The number of aromatic nitrogens is 1. The summed E-state index contributed by atoms with van der Waals surface area (Å²) in [7, 11) is 0. The average molecular weight is 282 g/mol. The van der Waals surface area contributed by atoms with Crippen LogP contribution in [-0.4, -0.2) is 29.5 Å². The minimum absolute atomic E-state index is 0.819. The van der Waals surface area contributed by atoms with E-state index in [4.69, 9.17) is 0 Å². The molecule has 0 unspecified atom stereocenters. The molecule has 0 spiro atoms. The average Bonchev–Trinajstić information content (AvgIpc) is 2.96. The van der Waals surface area contributed by atoms with Crippen molar-refractivity contribution < 1.29 is 0 Å². The fourth-order valence-corrected chi connectivity index (χ4v) is 3.46. The van der Waals surface area contributed by atoms with Gasteiger partial charge in [-0.1, -0.05) is 29.8 Å². The molecule has 3 rings (SSSR count). The molecule has 1 saturated heterocycles. The molecular formula is C19H26N2. The maximum atomic E-state index is 3.38. The van der Waals surface area contributed by atoms with E-state index < -0.39 is 0 Å². The van der Waals surface area contributed by atoms with Crippen LogP contribution in [0, 0.1) is 5.92 Å². The summed E-state index contributed by atoms with van der Waals surface area (Å²) in [6, 6.07) is 8.61. The van der Waals surface area contributed by atoms with Crippen molar-refractivity contribution in [2.45, 2.75) is 33.1 Å². The van der Waals surface area contributed by atoms with Crippen molar-refractivity contribution in [3.05, 3.63) is 47.7 Å². The Morgan fingerprint density at radius 1 is 1.29 bits per heavy atom. The number of para-hydroxylation sites is 1. The van der Waals surface area contributed by atoms with Gasteiger partial charge in [0.1, 0.15) is 0 Å². The van der Waals surface area contributed by atoms with E-state index in [0.29, 0.717) is 0 Å². The molecule has 1 aromatic heterocycles. The molecule has 2 nitrogen and oxygen atoms in total. The summed E-state index contributed by atoms with van der Waals surface area (Å²) in [6.07, 6.45) is 8.26. The summed E-state index contributed by atoms with van der Waals surface area (Å²) < 4.78 is 0. The van der Waals surface area contributed by atoms with Gasteiger partial charge < -0.3 is 9.88 Å². The lowest BCUT2D eigenvalue weighted by atomic mass is 9.90. The fraction of sp³-hybridized carbons (Fsp3) is 0.474. The molecule has 21 heavy (non-hydrogen) atoms. The SMILES string of the molecule is C/C=C(/C)C1CCN(CCc2c[nH]c3ccccc23)CC1. The second kappa shape index (κ2) is 6.48. The van der Waals surface area contributed by atoms with E-state index in [0.717, 1.165) is 12.3 Å². The number of piperidine rings is 1. The summed E-state index contributed by atoms with van der Waals surface area (Å²) in [4.78, 5) is 6.01. The molecule has 1 aliphatic rings. The van der Waals surface area contributed by atoms with Crippen molar-refractivity contribution in [3.8, 4) is 0 Å². The van der Waals surface area contributed by atoms with Crippen molar-refractivity contribution in [2.75, 3.05) is 19.6 Å². The summed E-state index contributed by atoms with van der Waals surface area (Å²) in [6.45, 7) is 8.13. The topological polar surface area (TPSA) is 19.0 Å². The zero-order chi connectivity index (χ0) is 14.7. The monoisotopic (exact) mass is 282 g/mol. The number of fused-ring (bicyclic) bond motifs is 1. The molecule has 2 heteroatoms. The Labute approximate surface area is 127 Å². The Bertz CT molecular complexity index is 615. The molecule has 0 atom stereocenters. The normalized spacial score (nSPS) is 18.5. The van der Waals surface area contributed by atoms with Crippen molar-refractivity contribution in [3.63, 3.8) is 0 Å². The number of rotatable bonds is 4. The number of hydrogen-bond acceptors (Lipinski definition) is 1. The first kappa shape index (κ1) is 14.4. The fourth-order valence-electron chi connectivity index (χ4n) is 3.46. The molecule has 0 amide bonds. The van der Waals surface area contributed by atoms with E-state index in [1.54, 1.807) is 5.57 Å². The third-order valence-electron chi connectivity index (χ3n) is 5.06. The third kappa shape index (κ3) is 3.21. The maximum absolute atomic E-state index is 3.38. The van der Waals surface area contributed by atoms with Crippen molar-refractivity contribution in [2.24, 2.45) is 5.92 Å². The zero-order valence-corrected chi connectivity index (χ0v) is 13.2. The summed E-state index contributed by atoms with van der Waals surface area (Å²) in [5, 5.41) is 1.39. The molecule has 0 aliphatic carbocycles. The molecule has 2 aromatic rings. The number of aromatic amines is 1. The van der Waals surface area contributed by atoms with E-state index in [1.807, 2.05) is 0 Å². The number of hydrogen-bond donors (Lipinski definition) is 1. The van der Waals surface area contributed by atoms with Gasteiger partial charge in [-0.2, -0.15) is 0 Å². The van der Waals surface area contributed by atoms with Gasteiger partial charge in [0.05, 0.1) is 0 Å². The Kier molecular flexibility index (Phi) is 4.45. The Hall–Kier alpha value is -1.54. The van der Waals surface area contributed by atoms with Crippen LogP contribution >= 0.6 is 0 Å². The van der Waals surface area contributed by atoms with Gasteiger partial charge in [0, 0.05) is 23.6 Å². The van der Waals surface area contributed by atoms with Crippen LogP contribution in [0.15, 0.2) is 42.1 Å². The highest BCUT2D eigenvalue weighted by molar-refractivity contribution is 5.83. The van der Waals surface area contributed by atoms with Gasteiger partial charge in [0.25, 0.3) is 0 Å². The van der Waals surface area contributed by atoms with E-state index >= 15 is 0 Å². The Morgan fingerprint density at radius 2 is 2.05 bits per heavy atom. The first-order valence-electron chi connectivity index (χ1n) is 8.18. The van der Waals surface area contributed by atoms with Crippen LogP contribution in [0.3, 0.4) is 0 Å². The van der Waals surface area contributed by atoms with Crippen LogP contribution < -0.4 is 0 Å². The predicted octanol–water partition coefficient (Wildman–Crippen LogP) is 4.39. The number of nitrogens with zero attached hydrogens (tertiary/aromatic N) is 1. The molecule has 0 saturated carbocycles. The number of benzene rings is 1. The molecule has 2 heterocycles. The highest BCUT2D eigenvalue weighted by Gasteiger charge is 2.19. The Morgan fingerprint density at radius 3 is 2.81 bits per heavy atom. The summed E-state index contributed by atoms with van der Waals surface area (Å²) in [5.74, 6) is 0.819. The quantitative estimate of drug-likeness (QED) is 0.824. The van der Waals surface area contributed by atoms with E-state index in [-0.39, 0.29) is 0 Å². The molecule has 1 aromatic carbocycles. The molecular weight excluding hydrogens is 256 g/mol. The molecule has 1 N–H and O–H groups in total. The van der Waals surface area contributed by atoms with E-state index in [2.05, 4.69) is 60.3 Å². The molecule has 0 bridgehead atoms. The van der Waals surface area contributed by atoms with Crippen LogP contribution in [0.2, 0.25) is 0 Å². The lowest BCUT2D eigenvalue weighted by Gasteiger charge is -2.32. The predicted molar refractivity (Wildman–Crippen MR) is 90.6 cm³/mol. The first-order chi connectivity index (χ1) is 10.3. The van der Waals surface area contributed by atoms with Gasteiger partial charge in [0.2, 0.25) is 0 Å². The van der Waals surface area contributed by atoms with Gasteiger partial charge in [0.15, 0.2) is 0 Å². The molecule has 1 aliphatic heterocycles. The summed E-state index contributed by atoms with van der Waals surface area (Å²) >= 11 is 0. The second-order valence-corrected chi connectivity index (χ2v) is 6.26. The van der Waals surface area contributed by atoms with Gasteiger partial charge in [-0.25, -0.2) is 0 Å². The van der Waals surface area contributed by atoms with Crippen molar-refractivity contribution >= 4 is 10.9 Å². The lowest BCUT2D eigenvalue weighted by Crippen LogP contribution is -2.35. The molecule has 0 radical (unpaired) electrons. The number of H-pyrrole nitrogens is 1. The number of nitrogens with one attached hydrogen (secondary N) is 1. The highest BCUT2D eigenvalue weighted by Crippen LogP contribution is 2.25. The standard InChI is InChI=1S/C19H26N2/c1-3-15(2)16-8-11-21(12-9-16)13-10-17-14-20-19-7-5-4-6-18(17)19/h3-7,14,16,20H,8-13H2,1-2H3/b15-3-. The maximum Gasteiger partial charge on any atom is 0.0456 e. The second-order valence-electron chi connectivity index (χ2n) is 6.26. The van der Waals surface area contributed by atoms with Crippen molar-refractivity contribution in [1.29, 1.82) is 0 Å². The minimum atomic E-state index is 0.819. The van der Waals surface area contributed by atoms with Gasteiger partial charge in [-0.3, -0.25) is 0 Å². The Balaban J connectivity index is 1.55. The lowest BCUT2D eigenvalue weighted by molar-refractivity contribution is 0.201. The highest BCUT2D eigenvalue weighted by atomic mass is 15.1. The smallest absolute Gasteiger partial charge is 0.0456 e. The third-order valence-corrected chi connectivity index (χ3v) is 5.06. The minimum Gasteiger partial charge on any atom is -0.361 e. The largest absolute Gasteiger partial charge is 0.361 e. The van der Waals surface area contributed by atoms with Crippen LogP contribution in [0.4, 0.5) is 0 Å². The number of likely N-dealkylation sites (tertiary alicyclic amines) is 1. The van der Waals surface area contributed by atoms with Gasteiger partial charge in [-0.15, -0.1) is 0 Å². The number of allylic oxidation sites excluding steroid dienone is 2. The van der Waals surface area contributed by atoms with Crippen LogP contribution in [0.5, 0.6) is 0 Å². The van der Waals surface area contributed by atoms with Crippen molar-refractivity contribution in [1.82, 2.24) is 9.88 Å². The molecule has 1 fully saturated rings. The molecule has 112 valence electrons. The van der Waals surface area contributed by atoms with E-state index in [9.17, 15) is 0 Å². The zero-order valence-electron chi connectivity index (χ0n) is 13.2. The van der Waals surface area contributed by atoms with Gasteiger partial charge in [-0.05, 0) is 63.7 Å². The first-order valence-corrected chi connectivity index (χ1v) is 8.18. The summed E-state index contributed by atoms with van der Waals surface area (Å²) in [5.41, 5.74) is 4.29. The van der Waals surface area contributed by atoms with Crippen LogP contribution in [-0.2, 0) is 6.42 Å². The van der Waals surface area contributed by atoms with Crippen LogP contribution in [0.25, 0.3) is 10.9 Å². The van der Waals surface area contributed by atoms with Gasteiger partial charge >= 0.3 is 0 Å². The van der Waals surface area contributed by atoms with E-state index in [1.165, 1.54) is 48.9 Å². The van der Waals surface area contributed by atoms with Crippen LogP contribution in [0.1, 0.15) is 32.3 Å².